The Labute approximate surface area is 170 Å². The normalized spacial score (nSPS) is 16.8. The van der Waals surface area contributed by atoms with Crippen LogP contribution in [0.15, 0.2) is 51.9 Å². The minimum absolute atomic E-state index is 0.0190. The molecule has 3 aromatic rings. The lowest BCUT2D eigenvalue weighted by molar-refractivity contribution is -0.128. The van der Waals surface area contributed by atoms with Crippen molar-refractivity contribution in [3.8, 4) is 11.4 Å². The van der Waals surface area contributed by atoms with E-state index in [2.05, 4.69) is 10.1 Å². The summed E-state index contributed by atoms with van der Waals surface area (Å²) < 4.78 is 18.6. The molecule has 1 atom stereocenters. The number of benzene rings is 2. The molecule has 28 heavy (non-hydrogen) atoms. The molecule has 1 aromatic heterocycles. The standard InChI is InChI=1S/C20H17ClFN3O2S/c1-28-16-6-3-12(4-7-16)19-23-20(27-24-19)14-8-18(26)25(11-14)10-13-2-5-15(22)9-17(13)21/h2-7,9,14H,8,10-11H2,1H3. The maximum absolute atomic E-state index is 13.2. The van der Waals surface area contributed by atoms with Crippen molar-refractivity contribution in [3.63, 3.8) is 0 Å². The number of hydrogen-bond acceptors (Lipinski definition) is 5. The van der Waals surface area contributed by atoms with Gasteiger partial charge in [0.1, 0.15) is 5.82 Å². The summed E-state index contributed by atoms with van der Waals surface area (Å²) in [4.78, 5) is 19.7. The Morgan fingerprint density at radius 2 is 2.07 bits per heavy atom. The third-order valence-corrected chi connectivity index (χ3v) is 5.83. The third kappa shape index (κ3) is 3.91. The monoisotopic (exact) mass is 417 g/mol. The van der Waals surface area contributed by atoms with E-state index >= 15 is 0 Å². The Morgan fingerprint density at radius 3 is 2.79 bits per heavy atom. The molecule has 1 saturated heterocycles. The van der Waals surface area contributed by atoms with Crippen LogP contribution >= 0.6 is 23.4 Å². The van der Waals surface area contributed by atoms with Gasteiger partial charge < -0.3 is 9.42 Å². The molecule has 1 fully saturated rings. The van der Waals surface area contributed by atoms with Crippen LogP contribution in [0.3, 0.4) is 0 Å². The number of hydrogen-bond donors (Lipinski definition) is 0. The fourth-order valence-corrected chi connectivity index (χ4v) is 3.84. The van der Waals surface area contributed by atoms with Gasteiger partial charge in [0, 0.05) is 35.0 Å². The zero-order valence-electron chi connectivity index (χ0n) is 15.1. The Morgan fingerprint density at radius 1 is 1.29 bits per heavy atom. The van der Waals surface area contributed by atoms with E-state index in [1.165, 1.54) is 12.1 Å². The van der Waals surface area contributed by atoms with Crippen LogP contribution in [0.4, 0.5) is 4.39 Å². The fraction of sp³-hybridized carbons (Fsp3) is 0.250. The van der Waals surface area contributed by atoms with Gasteiger partial charge in [0.25, 0.3) is 0 Å². The number of aromatic nitrogens is 2. The highest BCUT2D eigenvalue weighted by Crippen LogP contribution is 2.31. The van der Waals surface area contributed by atoms with E-state index in [1.54, 1.807) is 22.7 Å². The van der Waals surface area contributed by atoms with Gasteiger partial charge in [-0.25, -0.2) is 4.39 Å². The highest BCUT2D eigenvalue weighted by molar-refractivity contribution is 7.98. The molecule has 2 aromatic carbocycles. The first-order valence-electron chi connectivity index (χ1n) is 8.73. The number of likely N-dealkylation sites (tertiary alicyclic amines) is 1. The minimum Gasteiger partial charge on any atom is -0.339 e. The molecule has 5 nitrogen and oxygen atoms in total. The van der Waals surface area contributed by atoms with Crippen LogP contribution in [0, 0.1) is 5.82 Å². The van der Waals surface area contributed by atoms with Crippen LogP contribution in [-0.4, -0.2) is 33.7 Å². The fourth-order valence-electron chi connectivity index (χ4n) is 3.20. The van der Waals surface area contributed by atoms with Crippen molar-refractivity contribution in [2.75, 3.05) is 12.8 Å². The van der Waals surface area contributed by atoms with Crippen molar-refractivity contribution in [2.24, 2.45) is 0 Å². The van der Waals surface area contributed by atoms with Gasteiger partial charge in [-0.1, -0.05) is 22.8 Å². The molecule has 0 bridgehead atoms. The van der Waals surface area contributed by atoms with Crippen LogP contribution in [0.25, 0.3) is 11.4 Å². The van der Waals surface area contributed by atoms with Crippen LogP contribution in [-0.2, 0) is 11.3 Å². The average molecular weight is 418 g/mol. The van der Waals surface area contributed by atoms with Crippen molar-refractivity contribution in [1.82, 2.24) is 15.0 Å². The molecule has 1 aliphatic rings. The molecular formula is C20H17ClFN3O2S. The van der Waals surface area contributed by atoms with E-state index in [9.17, 15) is 9.18 Å². The van der Waals surface area contributed by atoms with Crippen molar-refractivity contribution in [1.29, 1.82) is 0 Å². The lowest BCUT2D eigenvalue weighted by Crippen LogP contribution is -2.24. The first kappa shape index (κ1) is 19.0. The maximum Gasteiger partial charge on any atom is 0.232 e. The van der Waals surface area contributed by atoms with E-state index in [-0.39, 0.29) is 11.8 Å². The molecule has 1 amide bonds. The average Bonchev–Trinajstić information content (AvgIpc) is 3.31. The number of carbonyl (C=O) groups is 1. The van der Waals surface area contributed by atoms with Crippen molar-refractivity contribution in [2.45, 2.75) is 23.8 Å². The smallest absolute Gasteiger partial charge is 0.232 e. The van der Waals surface area contributed by atoms with Crippen molar-refractivity contribution in [3.05, 3.63) is 64.8 Å². The lowest BCUT2D eigenvalue weighted by atomic mass is 10.1. The molecule has 0 radical (unpaired) electrons. The van der Waals surface area contributed by atoms with Gasteiger partial charge in [-0.3, -0.25) is 4.79 Å². The summed E-state index contributed by atoms with van der Waals surface area (Å²) >= 11 is 7.75. The zero-order valence-corrected chi connectivity index (χ0v) is 16.6. The molecule has 0 spiro atoms. The largest absolute Gasteiger partial charge is 0.339 e. The second kappa shape index (κ2) is 7.93. The van der Waals surface area contributed by atoms with E-state index in [0.29, 0.717) is 41.8 Å². The SMILES string of the molecule is CSc1ccc(-c2noc(C3CC(=O)N(Cc4ccc(F)cc4Cl)C3)n2)cc1. The topological polar surface area (TPSA) is 59.2 Å². The Kier molecular flexibility index (Phi) is 5.37. The summed E-state index contributed by atoms with van der Waals surface area (Å²) in [7, 11) is 0. The molecule has 144 valence electrons. The van der Waals surface area contributed by atoms with Gasteiger partial charge in [-0.05, 0) is 48.2 Å². The summed E-state index contributed by atoms with van der Waals surface area (Å²) in [5.41, 5.74) is 1.57. The second-order valence-corrected chi connectivity index (χ2v) is 7.88. The second-order valence-electron chi connectivity index (χ2n) is 6.60. The van der Waals surface area contributed by atoms with Crippen molar-refractivity contribution >= 4 is 29.3 Å². The number of halogens is 2. The number of nitrogens with zero attached hydrogens (tertiary/aromatic N) is 3. The number of thioether (sulfide) groups is 1. The van der Waals surface area contributed by atoms with Gasteiger partial charge in [0.2, 0.25) is 17.6 Å². The lowest BCUT2D eigenvalue weighted by Gasteiger charge is -2.17. The van der Waals surface area contributed by atoms with Gasteiger partial charge in [-0.15, -0.1) is 11.8 Å². The van der Waals surface area contributed by atoms with Crippen LogP contribution < -0.4 is 0 Å². The van der Waals surface area contributed by atoms with Crippen LogP contribution in [0.2, 0.25) is 5.02 Å². The van der Waals surface area contributed by atoms with Crippen molar-refractivity contribution < 1.29 is 13.7 Å². The summed E-state index contributed by atoms with van der Waals surface area (Å²) in [6.45, 7) is 0.783. The first-order valence-corrected chi connectivity index (χ1v) is 10.3. The van der Waals surface area contributed by atoms with Gasteiger partial charge >= 0.3 is 0 Å². The molecule has 1 aliphatic heterocycles. The molecular weight excluding hydrogens is 401 g/mol. The van der Waals surface area contributed by atoms with Gasteiger partial charge in [-0.2, -0.15) is 4.98 Å². The number of amides is 1. The third-order valence-electron chi connectivity index (χ3n) is 4.73. The summed E-state index contributed by atoms with van der Waals surface area (Å²) in [5, 5.41) is 4.37. The van der Waals surface area contributed by atoms with E-state index in [4.69, 9.17) is 16.1 Å². The number of rotatable bonds is 5. The predicted molar refractivity (Wildman–Crippen MR) is 106 cm³/mol. The van der Waals surface area contributed by atoms with E-state index < -0.39 is 5.82 Å². The van der Waals surface area contributed by atoms with Gasteiger partial charge in [0.05, 0.1) is 5.92 Å². The molecule has 8 heteroatoms. The molecule has 0 saturated carbocycles. The number of carbonyl (C=O) groups excluding carboxylic acids is 1. The summed E-state index contributed by atoms with van der Waals surface area (Å²) in [5.74, 6) is 0.372. The molecule has 0 N–H and O–H groups in total. The van der Waals surface area contributed by atoms with Crippen LogP contribution in [0.5, 0.6) is 0 Å². The Bertz CT molecular complexity index is 1010. The molecule has 2 heterocycles. The van der Waals surface area contributed by atoms with E-state index in [0.717, 1.165) is 10.5 Å². The summed E-state index contributed by atoms with van der Waals surface area (Å²) in [6.07, 6.45) is 2.31. The van der Waals surface area contributed by atoms with Crippen LogP contribution in [0.1, 0.15) is 23.8 Å². The highest BCUT2D eigenvalue weighted by Gasteiger charge is 2.34. The Balaban J connectivity index is 1.47. The zero-order chi connectivity index (χ0) is 19.7. The predicted octanol–water partition coefficient (Wildman–Crippen LogP) is 4.77. The highest BCUT2D eigenvalue weighted by atomic mass is 35.5. The molecule has 1 unspecified atom stereocenters. The quantitative estimate of drug-likeness (QED) is 0.560. The molecule has 0 aliphatic carbocycles. The molecule has 4 rings (SSSR count). The van der Waals surface area contributed by atoms with Gasteiger partial charge in [0.15, 0.2) is 0 Å². The first-order chi connectivity index (χ1) is 13.5. The Hall–Kier alpha value is -2.38. The maximum atomic E-state index is 13.2. The van der Waals surface area contributed by atoms with E-state index in [1.807, 2.05) is 30.5 Å². The minimum atomic E-state index is -0.400. The summed E-state index contributed by atoms with van der Waals surface area (Å²) in [6, 6.07) is 12.1.